The molecule has 35 heavy (non-hydrogen) atoms. The number of fused-ring (bicyclic) bond motifs is 1. The number of nitrogens with zero attached hydrogens (tertiary/aromatic N) is 2. The molecule has 2 aliphatic rings. The van der Waals surface area contributed by atoms with Gasteiger partial charge in [-0.15, -0.1) is 0 Å². The molecule has 5 nitrogen and oxygen atoms in total. The Morgan fingerprint density at radius 1 is 1.20 bits per heavy atom. The minimum Gasteiger partial charge on any atom is -0.413 e. The monoisotopic (exact) mass is 489 g/mol. The maximum absolute atomic E-state index is 12.8. The standard InChI is InChI=1S/C29H39N3O2Si/c1-19-27(31-24-10-8-9-22(15-24)18-34-35(6,7)29(3,4)5)25-16-21(17-30)11-14-26(25)32(20(2)33)28(19)23-12-13-23/h8-11,14-16,19,23,27-28,31H,12-13,18H2,1-7H3/t19-,27-,28-/m1/s1. The van der Waals surface area contributed by atoms with Gasteiger partial charge in [-0.25, -0.2) is 0 Å². The van der Waals surface area contributed by atoms with Crippen LogP contribution in [0.5, 0.6) is 0 Å². The van der Waals surface area contributed by atoms with Crippen molar-refractivity contribution in [1.29, 1.82) is 5.26 Å². The van der Waals surface area contributed by atoms with Gasteiger partial charge < -0.3 is 14.6 Å². The van der Waals surface area contributed by atoms with Crippen LogP contribution < -0.4 is 10.2 Å². The summed E-state index contributed by atoms with van der Waals surface area (Å²) >= 11 is 0. The number of carbonyl (C=O) groups is 1. The van der Waals surface area contributed by atoms with Gasteiger partial charge in [0.25, 0.3) is 0 Å². The van der Waals surface area contributed by atoms with Gasteiger partial charge in [-0.3, -0.25) is 4.79 Å². The van der Waals surface area contributed by atoms with Crippen molar-refractivity contribution in [2.24, 2.45) is 11.8 Å². The SMILES string of the molecule is CC(=O)N1c2ccc(C#N)cc2[C@H](Nc2cccc(CO[Si](C)(C)C(C)(C)C)c2)[C@@H](C)[C@@H]1C1CC1. The van der Waals surface area contributed by atoms with Gasteiger partial charge in [0.05, 0.1) is 24.3 Å². The lowest BCUT2D eigenvalue weighted by molar-refractivity contribution is -0.117. The molecule has 0 spiro atoms. The first-order valence-electron chi connectivity index (χ1n) is 12.8. The topological polar surface area (TPSA) is 65.4 Å². The summed E-state index contributed by atoms with van der Waals surface area (Å²) < 4.78 is 6.46. The first-order valence-corrected chi connectivity index (χ1v) is 15.7. The lowest BCUT2D eigenvalue weighted by Gasteiger charge is -2.46. The van der Waals surface area contributed by atoms with Crippen molar-refractivity contribution >= 4 is 25.6 Å². The Morgan fingerprint density at radius 2 is 1.91 bits per heavy atom. The fourth-order valence-electron chi connectivity index (χ4n) is 5.05. The number of nitriles is 1. The van der Waals surface area contributed by atoms with Crippen molar-refractivity contribution < 1.29 is 9.22 Å². The summed E-state index contributed by atoms with van der Waals surface area (Å²) in [6.07, 6.45) is 2.33. The highest BCUT2D eigenvalue weighted by Gasteiger charge is 2.47. The van der Waals surface area contributed by atoms with Crippen molar-refractivity contribution in [3.05, 3.63) is 59.2 Å². The molecule has 0 radical (unpaired) electrons. The van der Waals surface area contributed by atoms with Crippen LogP contribution in [0.4, 0.5) is 11.4 Å². The van der Waals surface area contributed by atoms with Crippen LogP contribution in [0.25, 0.3) is 0 Å². The minimum absolute atomic E-state index is 0.0102. The van der Waals surface area contributed by atoms with E-state index in [1.54, 1.807) is 6.92 Å². The molecule has 2 aromatic rings. The first-order chi connectivity index (χ1) is 16.4. The van der Waals surface area contributed by atoms with Crippen LogP contribution in [0.15, 0.2) is 42.5 Å². The second kappa shape index (κ2) is 9.44. The van der Waals surface area contributed by atoms with Gasteiger partial charge in [0.15, 0.2) is 8.32 Å². The predicted molar refractivity (Wildman–Crippen MR) is 145 cm³/mol. The molecular weight excluding hydrogens is 450 g/mol. The second-order valence-corrected chi connectivity index (χ2v) is 16.6. The summed E-state index contributed by atoms with van der Waals surface area (Å²) in [5.74, 6) is 0.814. The second-order valence-electron chi connectivity index (χ2n) is 11.8. The molecule has 1 heterocycles. The van der Waals surface area contributed by atoms with E-state index in [0.29, 0.717) is 18.1 Å². The van der Waals surface area contributed by atoms with Crippen LogP contribution in [0.3, 0.4) is 0 Å². The lowest BCUT2D eigenvalue weighted by Crippen LogP contribution is -2.51. The largest absolute Gasteiger partial charge is 0.413 e. The molecule has 1 amide bonds. The molecular formula is C29H39N3O2Si. The van der Waals surface area contributed by atoms with Crippen LogP contribution in [0.1, 0.15) is 70.2 Å². The molecule has 1 aliphatic heterocycles. The van der Waals surface area contributed by atoms with Gasteiger partial charge in [0.2, 0.25) is 5.91 Å². The molecule has 1 fully saturated rings. The highest BCUT2D eigenvalue weighted by molar-refractivity contribution is 6.74. The molecule has 0 saturated heterocycles. The average Bonchev–Trinajstić information content (AvgIpc) is 3.63. The van der Waals surface area contributed by atoms with E-state index < -0.39 is 8.32 Å². The average molecular weight is 490 g/mol. The number of hydrogen-bond donors (Lipinski definition) is 1. The van der Waals surface area contributed by atoms with Crippen LogP contribution >= 0.6 is 0 Å². The zero-order valence-electron chi connectivity index (χ0n) is 22.2. The number of anilines is 2. The van der Waals surface area contributed by atoms with Crippen molar-refractivity contribution in [3.63, 3.8) is 0 Å². The summed E-state index contributed by atoms with van der Waals surface area (Å²) in [5, 5.41) is 13.5. The molecule has 4 rings (SSSR count). The van der Waals surface area contributed by atoms with E-state index in [2.05, 4.69) is 76.4 Å². The van der Waals surface area contributed by atoms with Gasteiger partial charge in [0.1, 0.15) is 0 Å². The molecule has 1 saturated carbocycles. The lowest BCUT2D eigenvalue weighted by atomic mass is 9.79. The van der Waals surface area contributed by atoms with E-state index in [-0.39, 0.29) is 28.9 Å². The fraction of sp³-hybridized carbons (Fsp3) is 0.517. The quantitative estimate of drug-likeness (QED) is 0.443. The number of benzene rings is 2. The van der Waals surface area contributed by atoms with Crippen LogP contribution in [-0.4, -0.2) is 20.3 Å². The molecule has 1 N–H and O–H groups in total. The summed E-state index contributed by atoms with van der Waals surface area (Å²) in [4.78, 5) is 14.8. The number of hydrogen-bond acceptors (Lipinski definition) is 4. The predicted octanol–water partition coefficient (Wildman–Crippen LogP) is 7.01. The molecule has 0 bridgehead atoms. The Bertz CT molecular complexity index is 1140. The number of nitrogens with one attached hydrogen (secondary N) is 1. The van der Waals surface area contributed by atoms with E-state index in [0.717, 1.165) is 35.3 Å². The Balaban J connectivity index is 1.64. The Kier molecular flexibility index (Phi) is 6.87. The summed E-state index contributed by atoms with van der Waals surface area (Å²) in [6, 6.07) is 16.6. The van der Waals surface area contributed by atoms with Gasteiger partial charge in [-0.05, 0) is 78.4 Å². The zero-order valence-corrected chi connectivity index (χ0v) is 23.2. The van der Waals surface area contributed by atoms with Gasteiger partial charge in [-0.2, -0.15) is 5.26 Å². The van der Waals surface area contributed by atoms with E-state index in [1.165, 1.54) is 0 Å². The summed E-state index contributed by atoms with van der Waals surface area (Å²) in [6.45, 7) is 15.8. The van der Waals surface area contributed by atoms with Crippen molar-refractivity contribution in [2.75, 3.05) is 10.2 Å². The number of carbonyl (C=O) groups excluding carboxylic acids is 1. The van der Waals surface area contributed by atoms with Gasteiger partial charge in [-0.1, -0.05) is 39.8 Å². The van der Waals surface area contributed by atoms with Gasteiger partial charge in [0, 0.05) is 30.3 Å². The molecule has 0 aromatic heterocycles. The Hall–Kier alpha value is -2.62. The maximum Gasteiger partial charge on any atom is 0.224 e. The zero-order chi connectivity index (χ0) is 25.5. The normalized spacial score (nSPS) is 22.3. The molecule has 6 heteroatoms. The Morgan fingerprint density at radius 3 is 2.51 bits per heavy atom. The molecule has 2 aromatic carbocycles. The van der Waals surface area contributed by atoms with E-state index in [9.17, 15) is 10.1 Å². The van der Waals surface area contributed by atoms with E-state index in [1.807, 2.05) is 23.1 Å². The van der Waals surface area contributed by atoms with Crippen molar-refractivity contribution in [1.82, 2.24) is 0 Å². The third kappa shape index (κ3) is 5.17. The fourth-order valence-corrected chi connectivity index (χ4v) is 6.01. The minimum atomic E-state index is -1.84. The van der Waals surface area contributed by atoms with Crippen LogP contribution in [-0.2, 0) is 15.8 Å². The highest BCUT2D eigenvalue weighted by atomic mass is 28.4. The van der Waals surface area contributed by atoms with Crippen molar-refractivity contribution in [2.45, 2.75) is 84.3 Å². The molecule has 1 aliphatic carbocycles. The van der Waals surface area contributed by atoms with Crippen LogP contribution in [0.2, 0.25) is 18.1 Å². The molecule has 186 valence electrons. The van der Waals surface area contributed by atoms with Gasteiger partial charge >= 0.3 is 0 Å². The third-order valence-corrected chi connectivity index (χ3v) is 12.7. The summed E-state index contributed by atoms with van der Waals surface area (Å²) in [7, 11) is -1.84. The number of rotatable bonds is 6. The Labute approximate surface area is 211 Å². The molecule has 0 unspecified atom stereocenters. The third-order valence-electron chi connectivity index (χ3n) is 8.21. The molecule has 3 atom stereocenters. The summed E-state index contributed by atoms with van der Waals surface area (Å²) in [5.41, 5.74) is 4.76. The van der Waals surface area contributed by atoms with Crippen LogP contribution in [0, 0.1) is 23.2 Å². The number of amides is 1. The smallest absolute Gasteiger partial charge is 0.224 e. The van der Waals surface area contributed by atoms with E-state index in [4.69, 9.17) is 4.43 Å². The highest BCUT2D eigenvalue weighted by Crippen LogP contribution is 2.50. The van der Waals surface area contributed by atoms with Crippen molar-refractivity contribution in [3.8, 4) is 6.07 Å². The maximum atomic E-state index is 12.8. The first kappa shape index (κ1) is 25.5. The van der Waals surface area contributed by atoms with E-state index >= 15 is 0 Å².